The Balaban J connectivity index is 1.97. The highest BCUT2D eigenvalue weighted by molar-refractivity contribution is 5.53. The van der Waals surface area contributed by atoms with Gasteiger partial charge in [0, 0.05) is 13.2 Å². The molecular formula is C9H13N5O3. The zero-order valence-corrected chi connectivity index (χ0v) is 9.13. The highest BCUT2D eigenvalue weighted by Gasteiger charge is 2.17. The molecule has 1 saturated heterocycles. The Hall–Kier alpha value is -1.96. The summed E-state index contributed by atoms with van der Waals surface area (Å²) >= 11 is 0. The van der Waals surface area contributed by atoms with Crippen LogP contribution in [0.1, 0.15) is 12.8 Å². The molecule has 1 aliphatic heterocycles. The normalized spacial score (nSPS) is 19.2. The largest absolute Gasteiger partial charge is 0.378 e. The molecule has 1 aromatic rings. The highest BCUT2D eigenvalue weighted by atomic mass is 16.6. The molecule has 0 saturated carbocycles. The van der Waals surface area contributed by atoms with Crippen LogP contribution in [0.25, 0.3) is 0 Å². The molecule has 2 heterocycles. The number of anilines is 2. The summed E-state index contributed by atoms with van der Waals surface area (Å²) < 4.78 is 5.41. The molecule has 0 bridgehead atoms. The quantitative estimate of drug-likeness (QED) is 0.582. The summed E-state index contributed by atoms with van der Waals surface area (Å²) in [6, 6.07) is 0. The summed E-state index contributed by atoms with van der Waals surface area (Å²) in [5.74, 6) is 0.142. The number of nitrogens with one attached hydrogen (secondary N) is 1. The molecule has 1 fully saturated rings. The van der Waals surface area contributed by atoms with E-state index in [4.69, 9.17) is 10.5 Å². The van der Waals surface area contributed by atoms with Crippen molar-refractivity contribution in [1.29, 1.82) is 0 Å². The third-order valence-electron chi connectivity index (χ3n) is 2.51. The minimum absolute atomic E-state index is 0.139. The van der Waals surface area contributed by atoms with Crippen LogP contribution in [0, 0.1) is 10.1 Å². The molecule has 1 aromatic heterocycles. The van der Waals surface area contributed by atoms with E-state index >= 15 is 0 Å². The van der Waals surface area contributed by atoms with Crippen LogP contribution in [0.4, 0.5) is 17.5 Å². The van der Waals surface area contributed by atoms with Gasteiger partial charge in [-0.1, -0.05) is 0 Å². The van der Waals surface area contributed by atoms with Crippen molar-refractivity contribution < 1.29 is 9.66 Å². The number of nitrogens with two attached hydrogens (primary N) is 1. The first-order valence-electron chi connectivity index (χ1n) is 5.29. The summed E-state index contributed by atoms with van der Waals surface area (Å²) in [6.45, 7) is 1.35. The number of aromatic nitrogens is 2. The number of nitrogen functional groups attached to an aromatic ring is 1. The van der Waals surface area contributed by atoms with E-state index in [0.29, 0.717) is 6.54 Å². The van der Waals surface area contributed by atoms with Crippen molar-refractivity contribution >= 4 is 17.5 Å². The SMILES string of the molecule is Nc1nc(NC[C@H]2CCCO2)ncc1[N+](=O)[O-]. The van der Waals surface area contributed by atoms with Gasteiger partial charge in [0.15, 0.2) is 0 Å². The maximum absolute atomic E-state index is 10.5. The van der Waals surface area contributed by atoms with Gasteiger partial charge in [0.2, 0.25) is 11.8 Å². The minimum Gasteiger partial charge on any atom is -0.378 e. The number of hydrogen-bond donors (Lipinski definition) is 2. The fourth-order valence-electron chi connectivity index (χ4n) is 1.62. The molecule has 17 heavy (non-hydrogen) atoms. The van der Waals surface area contributed by atoms with Gasteiger partial charge in [0.25, 0.3) is 0 Å². The smallest absolute Gasteiger partial charge is 0.329 e. The van der Waals surface area contributed by atoms with E-state index in [0.717, 1.165) is 25.6 Å². The van der Waals surface area contributed by atoms with Gasteiger partial charge in [-0.15, -0.1) is 0 Å². The predicted octanol–water partition coefficient (Wildman–Crippen LogP) is 0.558. The van der Waals surface area contributed by atoms with Gasteiger partial charge in [-0.3, -0.25) is 10.1 Å². The highest BCUT2D eigenvalue weighted by Crippen LogP contribution is 2.18. The van der Waals surface area contributed by atoms with Crippen LogP contribution in [0.2, 0.25) is 0 Å². The van der Waals surface area contributed by atoms with E-state index in [1.165, 1.54) is 0 Å². The first-order valence-corrected chi connectivity index (χ1v) is 5.29. The van der Waals surface area contributed by atoms with Crippen molar-refractivity contribution in [1.82, 2.24) is 9.97 Å². The van der Waals surface area contributed by atoms with Gasteiger partial charge < -0.3 is 15.8 Å². The van der Waals surface area contributed by atoms with Crippen molar-refractivity contribution in [3.05, 3.63) is 16.3 Å². The molecule has 1 atom stereocenters. The van der Waals surface area contributed by atoms with E-state index in [9.17, 15) is 10.1 Å². The van der Waals surface area contributed by atoms with Crippen molar-refractivity contribution in [3.8, 4) is 0 Å². The first kappa shape index (κ1) is 11.5. The molecule has 3 N–H and O–H groups in total. The molecule has 0 aromatic carbocycles. The van der Waals surface area contributed by atoms with Gasteiger partial charge in [-0.2, -0.15) is 4.98 Å². The summed E-state index contributed by atoms with van der Waals surface area (Å²) in [4.78, 5) is 17.5. The van der Waals surface area contributed by atoms with E-state index in [-0.39, 0.29) is 23.6 Å². The van der Waals surface area contributed by atoms with Gasteiger partial charge in [-0.25, -0.2) is 4.98 Å². The topological polar surface area (TPSA) is 116 Å². The van der Waals surface area contributed by atoms with Crippen molar-refractivity contribution in [2.24, 2.45) is 0 Å². The molecule has 1 aliphatic rings. The fourth-order valence-corrected chi connectivity index (χ4v) is 1.62. The third kappa shape index (κ3) is 2.78. The van der Waals surface area contributed by atoms with Crippen LogP contribution in [0.3, 0.4) is 0 Å². The lowest BCUT2D eigenvalue weighted by molar-refractivity contribution is -0.384. The maximum Gasteiger partial charge on any atom is 0.329 e. The molecule has 8 nitrogen and oxygen atoms in total. The van der Waals surface area contributed by atoms with Crippen LogP contribution in [-0.2, 0) is 4.74 Å². The zero-order valence-electron chi connectivity index (χ0n) is 9.13. The van der Waals surface area contributed by atoms with Gasteiger partial charge in [0.05, 0.1) is 11.0 Å². The van der Waals surface area contributed by atoms with E-state index in [2.05, 4.69) is 15.3 Å². The Bertz CT molecular complexity index is 419. The lowest BCUT2D eigenvalue weighted by Crippen LogP contribution is -2.19. The van der Waals surface area contributed by atoms with E-state index in [1.807, 2.05) is 0 Å². The number of rotatable bonds is 4. The lowest BCUT2D eigenvalue weighted by Gasteiger charge is -2.10. The standard InChI is InChI=1S/C9H13N5O3/c10-8-7(14(15)16)5-12-9(13-8)11-4-6-2-1-3-17-6/h5-6H,1-4H2,(H3,10,11,12,13)/t6-/m1/s1. The lowest BCUT2D eigenvalue weighted by atomic mass is 10.2. The van der Waals surface area contributed by atoms with Crippen molar-refractivity contribution in [3.63, 3.8) is 0 Å². The number of ether oxygens (including phenoxy) is 1. The zero-order chi connectivity index (χ0) is 12.3. The molecule has 0 aliphatic carbocycles. The van der Waals surface area contributed by atoms with Crippen molar-refractivity contribution in [2.45, 2.75) is 18.9 Å². The number of nitrogens with zero attached hydrogens (tertiary/aromatic N) is 3. The average Bonchev–Trinajstić information content (AvgIpc) is 2.78. The van der Waals surface area contributed by atoms with Gasteiger partial charge in [-0.05, 0) is 12.8 Å². The number of hydrogen-bond acceptors (Lipinski definition) is 7. The van der Waals surface area contributed by atoms with Crippen LogP contribution < -0.4 is 11.1 Å². The summed E-state index contributed by atoms with van der Waals surface area (Å²) in [7, 11) is 0. The molecule has 0 radical (unpaired) electrons. The van der Waals surface area contributed by atoms with Crippen LogP contribution >= 0.6 is 0 Å². The Kier molecular flexibility index (Phi) is 3.33. The van der Waals surface area contributed by atoms with Crippen LogP contribution in [0.15, 0.2) is 6.20 Å². The van der Waals surface area contributed by atoms with Gasteiger partial charge >= 0.3 is 5.69 Å². The summed E-state index contributed by atoms with van der Waals surface area (Å²) in [5.41, 5.74) is 5.16. The Morgan fingerprint density at radius 3 is 3.12 bits per heavy atom. The second kappa shape index (κ2) is 4.91. The molecular weight excluding hydrogens is 226 g/mol. The van der Waals surface area contributed by atoms with Crippen LogP contribution in [-0.4, -0.2) is 34.1 Å². The van der Waals surface area contributed by atoms with E-state index in [1.54, 1.807) is 0 Å². The number of nitro groups is 1. The van der Waals surface area contributed by atoms with Crippen LogP contribution in [0.5, 0.6) is 0 Å². The van der Waals surface area contributed by atoms with E-state index < -0.39 is 4.92 Å². The summed E-state index contributed by atoms with van der Waals surface area (Å²) in [6.07, 6.45) is 3.29. The molecule has 0 spiro atoms. The fraction of sp³-hybridized carbons (Fsp3) is 0.556. The van der Waals surface area contributed by atoms with Gasteiger partial charge in [0.1, 0.15) is 6.20 Å². The minimum atomic E-state index is -0.612. The second-order valence-corrected chi connectivity index (χ2v) is 3.74. The average molecular weight is 239 g/mol. The first-order chi connectivity index (χ1) is 8.16. The molecule has 92 valence electrons. The molecule has 0 unspecified atom stereocenters. The molecule has 0 amide bonds. The second-order valence-electron chi connectivity index (χ2n) is 3.74. The molecule has 2 rings (SSSR count). The van der Waals surface area contributed by atoms with Crippen molar-refractivity contribution in [2.75, 3.05) is 24.2 Å². The maximum atomic E-state index is 10.5. The predicted molar refractivity (Wildman–Crippen MR) is 60.6 cm³/mol. The third-order valence-corrected chi connectivity index (χ3v) is 2.51. The molecule has 8 heteroatoms. The monoisotopic (exact) mass is 239 g/mol. The Morgan fingerprint density at radius 1 is 1.71 bits per heavy atom. The summed E-state index contributed by atoms with van der Waals surface area (Å²) in [5, 5.41) is 13.4. The Morgan fingerprint density at radius 2 is 2.53 bits per heavy atom. The Labute approximate surface area is 97.3 Å².